The van der Waals surface area contributed by atoms with Crippen molar-refractivity contribution in [3.8, 4) is 11.3 Å². The molecular formula is C24H27N7OS. The summed E-state index contributed by atoms with van der Waals surface area (Å²) in [5.41, 5.74) is 4.38. The number of pyridine rings is 1. The van der Waals surface area contributed by atoms with Crippen LogP contribution in [0.3, 0.4) is 0 Å². The molecule has 0 amide bonds. The zero-order valence-corrected chi connectivity index (χ0v) is 20.3. The lowest BCUT2D eigenvalue weighted by Gasteiger charge is -2.13. The summed E-state index contributed by atoms with van der Waals surface area (Å²) in [5, 5.41) is 8.27. The maximum Gasteiger partial charge on any atom is 0.227 e. The summed E-state index contributed by atoms with van der Waals surface area (Å²) in [6, 6.07) is 3.90. The van der Waals surface area contributed by atoms with Crippen LogP contribution in [-0.2, 0) is 18.9 Å². The molecule has 4 aromatic rings. The number of carbonyl (C=O) groups is 1. The van der Waals surface area contributed by atoms with Gasteiger partial charge >= 0.3 is 0 Å². The predicted molar refractivity (Wildman–Crippen MR) is 130 cm³/mol. The molecule has 0 fully saturated rings. The molecule has 4 rings (SSSR count). The molecule has 1 N–H and O–H groups in total. The van der Waals surface area contributed by atoms with Crippen molar-refractivity contribution in [2.45, 2.75) is 46.0 Å². The van der Waals surface area contributed by atoms with Crippen LogP contribution >= 0.6 is 11.3 Å². The Morgan fingerprint density at radius 2 is 1.97 bits per heavy atom. The number of anilines is 2. The van der Waals surface area contributed by atoms with Gasteiger partial charge in [-0.05, 0) is 31.0 Å². The molecule has 170 valence electrons. The van der Waals surface area contributed by atoms with Gasteiger partial charge in [-0.2, -0.15) is 5.10 Å². The smallest absolute Gasteiger partial charge is 0.227 e. The second-order valence-electron chi connectivity index (χ2n) is 8.98. The first kappa shape index (κ1) is 22.7. The van der Waals surface area contributed by atoms with E-state index in [-0.39, 0.29) is 11.2 Å². The summed E-state index contributed by atoms with van der Waals surface area (Å²) in [4.78, 5) is 31.3. The molecule has 0 spiro atoms. The monoisotopic (exact) mass is 461 g/mol. The first-order chi connectivity index (χ1) is 15.7. The Morgan fingerprint density at radius 3 is 2.64 bits per heavy atom. The van der Waals surface area contributed by atoms with Crippen LogP contribution in [0.4, 0.5) is 11.6 Å². The van der Waals surface area contributed by atoms with Gasteiger partial charge in [0.15, 0.2) is 5.78 Å². The van der Waals surface area contributed by atoms with E-state index in [1.807, 2.05) is 32.3 Å². The third-order valence-corrected chi connectivity index (χ3v) is 6.57. The van der Waals surface area contributed by atoms with Gasteiger partial charge in [0.25, 0.3) is 0 Å². The largest absolute Gasteiger partial charge is 0.321 e. The Balaban J connectivity index is 1.43. The molecule has 33 heavy (non-hydrogen) atoms. The SMILES string of the molecule is Cc1cc(-c2ccnc(Nc3cnn(C)c3)n2)cnc1CCC(=O)c1cnc(C(C)(C)C)s1. The van der Waals surface area contributed by atoms with Gasteiger partial charge in [0.1, 0.15) is 0 Å². The van der Waals surface area contributed by atoms with Crippen LogP contribution in [-0.4, -0.2) is 35.5 Å². The third kappa shape index (κ3) is 5.48. The molecule has 0 aliphatic carbocycles. The van der Waals surface area contributed by atoms with Crippen LogP contribution in [0.25, 0.3) is 11.3 Å². The number of thiazole rings is 1. The maximum atomic E-state index is 12.7. The number of hydrogen-bond donors (Lipinski definition) is 1. The van der Waals surface area contributed by atoms with Crippen LogP contribution in [0.2, 0.25) is 0 Å². The molecule has 0 saturated heterocycles. The van der Waals surface area contributed by atoms with E-state index < -0.39 is 0 Å². The zero-order chi connectivity index (χ0) is 23.6. The fraction of sp³-hybridized carbons (Fsp3) is 0.333. The lowest BCUT2D eigenvalue weighted by atomic mass is 9.98. The summed E-state index contributed by atoms with van der Waals surface area (Å²) < 4.78 is 1.71. The number of aryl methyl sites for hydroxylation is 3. The number of carbonyl (C=O) groups excluding carboxylic acids is 1. The van der Waals surface area contributed by atoms with Gasteiger partial charge in [-0.15, -0.1) is 11.3 Å². The van der Waals surface area contributed by atoms with Crippen LogP contribution < -0.4 is 5.32 Å². The van der Waals surface area contributed by atoms with E-state index in [1.165, 1.54) is 11.3 Å². The Bertz CT molecular complexity index is 1290. The van der Waals surface area contributed by atoms with Crippen molar-refractivity contribution >= 4 is 28.8 Å². The molecule has 9 heteroatoms. The minimum Gasteiger partial charge on any atom is -0.321 e. The Morgan fingerprint density at radius 1 is 1.15 bits per heavy atom. The van der Waals surface area contributed by atoms with Crippen LogP contribution in [0.15, 0.2) is 43.1 Å². The van der Waals surface area contributed by atoms with Crippen molar-refractivity contribution in [2.75, 3.05) is 5.32 Å². The average molecular weight is 462 g/mol. The topological polar surface area (TPSA) is 98.5 Å². The summed E-state index contributed by atoms with van der Waals surface area (Å²) in [6.07, 6.45) is 9.78. The molecule has 0 bridgehead atoms. The minimum atomic E-state index is -0.0501. The Kier molecular flexibility index (Phi) is 6.33. The van der Waals surface area contributed by atoms with Gasteiger partial charge < -0.3 is 5.32 Å². The molecule has 4 aromatic heterocycles. The Labute approximate surface area is 197 Å². The summed E-state index contributed by atoms with van der Waals surface area (Å²) in [5.74, 6) is 0.599. The number of ketones is 1. The van der Waals surface area contributed by atoms with Crippen molar-refractivity contribution in [1.82, 2.24) is 29.7 Å². The highest BCUT2D eigenvalue weighted by Crippen LogP contribution is 2.28. The lowest BCUT2D eigenvalue weighted by molar-refractivity contribution is 0.0986. The van der Waals surface area contributed by atoms with Gasteiger partial charge in [-0.1, -0.05) is 20.8 Å². The standard InChI is InChI=1S/C24H27N7OS/c1-15-10-16(19-8-9-25-23(30-19)29-17-12-28-31(5)14-17)11-26-18(15)6-7-20(32)21-13-27-22(33-21)24(2,3)4/h8-14H,6-7H2,1-5H3,(H,25,29,30). The number of hydrogen-bond acceptors (Lipinski definition) is 8. The van der Waals surface area contributed by atoms with E-state index in [1.54, 1.807) is 29.5 Å². The number of rotatable bonds is 7. The van der Waals surface area contributed by atoms with Crippen molar-refractivity contribution in [2.24, 2.45) is 7.05 Å². The molecule has 4 heterocycles. The van der Waals surface area contributed by atoms with Crippen LogP contribution in [0, 0.1) is 6.92 Å². The molecular weight excluding hydrogens is 434 g/mol. The lowest BCUT2D eigenvalue weighted by Crippen LogP contribution is -2.09. The molecule has 8 nitrogen and oxygen atoms in total. The van der Waals surface area contributed by atoms with Crippen molar-refractivity contribution < 1.29 is 4.79 Å². The van der Waals surface area contributed by atoms with Gasteiger partial charge in [-0.25, -0.2) is 15.0 Å². The van der Waals surface area contributed by atoms with Gasteiger partial charge in [0.05, 0.1) is 27.5 Å². The molecule has 0 aromatic carbocycles. The van der Waals surface area contributed by atoms with Crippen molar-refractivity contribution in [1.29, 1.82) is 0 Å². The van der Waals surface area contributed by atoms with Crippen LogP contribution in [0.1, 0.15) is 53.1 Å². The first-order valence-electron chi connectivity index (χ1n) is 10.7. The molecule has 0 saturated carbocycles. The molecule has 0 aliphatic rings. The normalized spacial score (nSPS) is 11.5. The summed E-state index contributed by atoms with van der Waals surface area (Å²) >= 11 is 1.48. The maximum absolute atomic E-state index is 12.7. The fourth-order valence-electron chi connectivity index (χ4n) is 3.30. The van der Waals surface area contributed by atoms with E-state index >= 15 is 0 Å². The van der Waals surface area contributed by atoms with E-state index in [4.69, 9.17) is 0 Å². The number of Topliss-reactive ketones (excluding diaryl/α,β-unsaturated/α-hetero) is 1. The molecule has 0 atom stereocenters. The van der Waals surface area contributed by atoms with Gasteiger partial charge in [0.2, 0.25) is 5.95 Å². The average Bonchev–Trinajstić information content (AvgIpc) is 3.42. The van der Waals surface area contributed by atoms with E-state index in [2.05, 4.69) is 51.1 Å². The van der Waals surface area contributed by atoms with Crippen molar-refractivity contribution in [3.63, 3.8) is 0 Å². The minimum absolute atomic E-state index is 0.0501. The van der Waals surface area contributed by atoms with Crippen LogP contribution in [0.5, 0.6) is 0 Å². The highest BCUT2D eigenvalue weighted by atomic mass is 32.1. The Hall–Kier alpha value is -3.46. The molecule has 0 aliphatic heterocycles. The zero-order valence-electron chi connectivity index (χ0n) is 19.5. The molecule has 0 unspecified atom stereocenters. The number of nitrogens with zero attached hydrogens (tertiary/aromatic N) is 6. The summed E-state index contributed by atoms with van der Waals surface area (Å²) in [7, 11) is 1.85. The highest BCUT2D eigenvalue weighted by Gasteiger charge is 2.20. The number of nitrogens with one attached hydrogen (secondary N) is 1. The van der Waals surface area contributed by atoms with E-state index in [0.717, 1.165) is 33.2 Å². The second kappa shape index (κ2) is 9.19. The van der Waals surface area contributed by atoms with E-state index in [0.29, 0.717) is 23.7 Å². The van der Waals surface area contributed by atoms with Gasteiger partial charge in [0, 0.05) is 54.9 Å². The van der Waals surface area contributed by atoms with E-state index in [9.17, 15) is 4.79 Å². The third-order valence-electron chi connectivity index (χ3n) is 5.11. The number of aromatic nitrogens is 6. The highest BCUT2D eigenvalue weighted by molar-refractivity contribution is 7.13. The first-order valence-corrected chi connectivity index (χ1v) is 11.5. The fourth-order valence-corrected chi connectivity index (χ4v) is 4.25. The second-order valence-corrected chi connectivity index (χ2v) is 10.0. The molecule has 0 radical (unpaired) electrons. The van der Waals surface area contributed by atoms with Crippen molar-refractivity contribution in [3.05, 3.63) is 64.3 Å². The predicted octanol–water partition coefficient (Wildman–Crippen LogP) is 4.89. The van der Waals surface area contributed by atoms with Gasteiger partial charge in [-0.3, -0.25) is 14.5 Å². The quantitative estimate of drug-likeness (QED) is 0.391. The summed E-state index contributed by atoms with van der Waals surface area (Å²) in [6.45, 7) is 8.32.